The number of alkyl halides is 6. The first kappa shape index (κ1) is 31.9. The van der Waals surface area contributed by atoms with Gasteiger partial charge in [0.05, 0.1) is 32.3 Å². The average molecular weight is 643 g/mol. The van der Waals surface area contributed by atoms with Gasteiger partial charge in [0.15, 0.2) is 0 Å². The minimum atomic E-state index is -4.83. The number of hydrogen-bond donors (Lipinski definition) is 2. The summed E-state index contributed by atoms with van der Waals surface area (Å²) >= 11 is 0. The zero-order valence-electron chi connectivity index (χ0n) is 22.5. The van der Waals surface area contributed by atoms with Gasteiger partial charge in [0.25, 0.3) is 20.0 Å². The van der Waals surface area contributed by atoms with E-state index >= 15 is 0 Å². The monoisotopic (exact) mass is 642 g/mol. The summed E-state index contributed by atoms with van der Waals surface area (Å²) in [6, 6.07) is 17.0. The van der Waals surface area contributed by atoms with Crippen molar-refractivity contribution >= 4 is 31.4 Å². The third kappa shape index (κ3) is 7.49. The van der Waals surface area contributed by atoms with Crippen LogP contribution in [0, 0.1) is 0 Å². The molecular weight excluding hydrogens is 618 g/mol. The van der Waals surface area contributed by atoms with Crippen molar-refractivity contribution in [3.63, 3.8) is 0 Å². The molecule has 0 heterocycles. The van der Waals surface area contributed by atoms with Crippen molar-refractivity contribution in [3.05, 3.63) is 108 Å². The highest BCUT2D eigenvalue weighted by Gasteiger charge is 2.33. The van der Waals surface area contributed by atoms with Crippen molar-refractivity contribution in [3.8, 4) is 11.1 Å². The van der Waals surface area contributed by atoms with E-state index in [4.69, 9.17) is 0 Å². The molecule has 2 N–H and O–H groups in total. The summed E-state index contributed by atoms with van der Waals surface area (Å²) in [4.78, 5) is -1.50. The first-order valence-corrected chi connectivity index (χ1v) is 15.5. The van der Waals surface area contributed by atoms with Crippen LogP contribution < -0.4 is 9.44 Å². The molecule has 14 heteroatoms. The number of nitrogens with one attached hydrogen (secondary N) is 2. The van der Waals surface area contributed by atoms with Gasteiger partial charge in [-0.15, -0.1) is 0 Å². The average Bonchev–Trinajstić information content (AvgIpc) is 2.93. The Kier molecular flexibility index (Phi) is 8.58. The van der Waals surface area contributed by atoms with Crippen LogP contribution in [0.15, 0.2) is 101 Å². The Bertz CT molecular complexity index is 1870. The van der Waals surface area contributed by atoms with Crippen molar-refractivity contribution in [2.45, 2.75) is 41.9 Å². The van der Waals surface area contributed by atoms with E-state index in [0.717, 1.165) is 29.8 Å². The van der Waals surface area contributed by atoms with Gasteiger partial charge in [-0.2, -0.15) is 26.3 Å². The van der Waals surface area contributed by atoms with Crippen LogP contribution >= 0.6 is 0 Å². The van der Waals surface area contributed by atoms with Gasteiger partial charge in [-0.1, -0.05) is 56.3 Å². The standard InChI is InChI=1S/C29H24F6N2O4S2/c1-18(2)19-6-3-7-20(14-19)21-12-13-26(36-42(38,39)24-10-4-8-22(16-24)28(30,31)32)27(15-21)37-43(40,41)25-11-5-9-23(17-25)29(33,34)35/h3-18,36-37H,1-2H3. The molecule has 0 saturated carbocycles. The maximum atomic E-state index is 13.3. The summed E-state index contributed by atoms with van der Waals surface area (Å²) < 4.78 is 136. The smallest absolute Gasteiger partial charge is 0.277 e. The van der Waals surface area contributed by atoms with Crippen LogP contribution in [0.5, 0.6) is 0 Å². The second-order valence-electron chi connectivity index (χ2n) is 9.80. The molecule has 4 aromatic rings. The van der Waals surface area contributed by atoms with Crippen LogP contribution in [-0.2, 0) is 32.4 Å². The van der Waals surface area contributed by atoms with Crippen LogP contribution in [0.1, 0.15) is 36.5 Å². The van der Waals surface area contributed by atoms with Gasteiger partial charge in [-0.25, -0.2) is 16.8 Å². The Hall–Kier alpha value is -4.04. The second kappa shape index (κ2) is 11.6. The highest BCUT2D eigenvalue weighted by molar-refractivity contribution is 7.93. The molecule has 228 valence electrons. The summed E-state index contributed by atoms with van der Waals surface area (Å²) in [6.45, 7) is 3.92. The fourth-order valence-electron chi connectivity index (χ4n) is 4.06. The Morgan fingerprint density at radius 3 is 1.51 bits per heavy atom. The number of rotatable bonds is 8. The SMILES string of the molecule is CC(C)c1cccc(-c2ccc(NS(=O)(=O)c3cccc(C(F)(F)F)c3)c(NS(=O)(=O)c3cccc(C(F)(F)F)c3)c2)c1. The lowest BCUT2D eigenvalue weighted by Crippen LogP contribution is -2.18. The summed E-state index contributed by atoms with van der Waals surface area (Å²) in [5.41, 5.74) is -1.21. The number of benzene rings is 4. The van der Waals surface area contributed by atoms with E-state index in [1.54, 1.807) is 12.1 Å². The number of halogens is 6. The van der Waals surface area contributed by atoms with Crippen LogP contribution in [0.2, 0.25) is 0 Å². The van der Waals surface area contributed by atoms with Crippen molar-refractivity contribution in [2.75, 3.05) is 9.44 Å². The Labute approximate surface area is 244 Å². The van der Waals surface area contributed by atoms with Gasteiger partial charge in [0.1, 0.15) is 0 Å². The molecule has 0 aliphatic heterocycles. The molecule has 0 radical (unpaired) electrons. The second-order valence-corrected chi connectivity index (χ2v) is 13.2. The molecular formula is C29H24F6N2O4S2. The van der Waals surface area contributed by atoms with E-state index in [2.05, 4.69) is 9.44 Å². The van der Waals surface area contributed by atoms with E-state index in [0.29, 0.717) is 35.4 Å². The lowest BCUT2D eigenvalue weighted by molar-refractivity contribution is -0.138. The predicted molar refractivity (Wildman–Crippen MR) is 150 cm³/mol. The minimum Gasteiger partial charge on any atom is -0.277 e. The van der Waals surface area contributed by atoms with Crippen molar-refractivity contribution < 1.29 is 43.2 Å². The Balaban J connectivity index is 1.82. The predicted octanol–water partition coefficient (Wildman–Crippen LogP) is 8.12. The molecule has 4 rings (SSSR count). The molecule has 0 saturated heterocycles. The topological polar surface area (TPSA) is 92.3 Å². The minimum absolute atomic E-state index is 0.136. The Morgan fingerprint density at radius 1 is 0.558 bits per heavy atom. The largest absolute Gasteiger partial charge is 0.416 e. The molecule has 0 fully saturated rings. The van der Waals surface area contributed by atoms with Gasteiger partial charge in [0.2, 0.25) is 0 Å². The Morgan fingerprint density at radius 2 is 1.02 bits per heavy atom. The fraction of sp³-hybridized carbons (Fsp3) is 0.172. The zero-order valence-corrected chi connectivity index (χ0v) is 24.1. The third-order valence-electron chi connectivity index (χ3n) is 6.34. The highest BCUT2D eigenvalue weighted by atomic mass is 32.2. The van der Waals surface area contributed by atoms with Gasteiger partial charge < -0.3 is 0 Å². The molecule has 0 aliphatic carbocycles. The van der Waals surface area contributed by atoms with Gasteiger partial charge in [-0.05, 0) is 71.1 Å². The summed E-state index contributed by atoms with van der Waals surface area (Å²) in [5.74, 6) is 0.136. The molecule has 0 atom stereocenters. The first-order chi connectivity index (χ1) is 19.9. The van der Waals surface area contributed by atoms with Crippen molar-refractivity contribution in [1.29, 1.82) is 0 Å². The molecule has 0 amide bonds. The molecule has 43 heavy (non-hydrogen) atoms. The van der Waals surface area contributed by atoms with Crippen molar-refractivity contribution in [2.24, 2.45) is 0 Å². The molecule has 0 aliphatic rings. The van der Waals surface area contributed by atoms with Gasteiger partial charge in [0, 0.05) is 0 Å². The van der Waals surface area contributed by atoms with Crippen LogP contribution in [0.4, 0.5) is 37.7 Å². The van der Waals surface area contributed by atoms with Crippen LogP contribution in [0.25, 0.3) is 11.1 Å². The van der Waals surface area contributed by atoms with Crippen LogP contribution in [0.3, 0.4) is 0 Å². The lowest BCUT2D eigenvalue weighted by atomic mass is 9.97. The molecule has 0 spiro atoms. The molecule has 6 nitrogen and oxygen atoms in total. The number of sulfonamides is 2. The molecule has 0 unspecified atom stereocenters. The zero-order chi connectivity index (χ0) is 31.8. The maximum Gasteiger partial charge on any atom is 0.416 e. The maximum absolute atomic E-state index is 13.3. The van der Waals surface area contributed by atoms with Gasteiger partial charge in [-0.3, -0.25) is 9.44 Å². The van der Waals surface area contributed by atoms with E-state index in [1.165, 1.54) is 18.2 Å². The van der Waals surface area contributed by atoms with E-state index in [1.807, 2.05) is 26.0 Å². The number of anilines is 2. The summed E-state index contributed by atoms with van der Waals surface area (Å²) in [5, 5.41) is 0. The molecule has 0 bridgehead atoms. The van der Waals surface area contributed by atoms with E-state index in [-0.39, 0.29) is 17.3 Å². The van der Waals surface area contributed by atoms with Crippen LogP contribution in [-0.4, -0.2) is 16.8 Å². The van der Waals surface area contributed by atoms with E-state index < -0.39 is 53.3 Å². The number of hydrogen-bond acceptors (Lipinski definition) is 4. The third-order valence-corrected chi connectivity index (χ3v) is 9.06. The van der Waals surface area contributed by atoms with Gasteiger partial charge >= 0.3 is 12.4 Å². The lowest BCUT2D eigenvalue weighted by Gasteiger charge is -2.17. The fourth-order valence-corrected chi connectivity index (χ4v) is 6.30. The molecule has 0 aromatic heterocycles. The normalized spacial score (nSPS) is 12.8. The quantitative estimate of drug-likeness (QED) is 0.190. The van der Waals surface area contributed by atoms with Crippen molar-refractivity contribution in [1.82, 2.24) is 0 Å². The highest BCUT2D eigenvalue weighted by Crippen LogP contribution is 2.36. The van der Waals surface area contributed by atoms with E-state index in [9.17, 15) is 43.2 Å². The first-order valence-electron chi connectivity index (χ1n) is 12.5. The molecule has 4 aromatic carbocycles. The summed E-state index contributed by atoms with van der Waals surface area (Å²) in [7, 11) is -9.41. The summed E-state index contributed by atoms with van der Waals surface area (Å²) in [6.07, 6.45) is -9.66.